The van der Waals surface area contributed by atoms with E-state index in [-0.39, 0.29) is 0 Å². The lowest BCUT2D eigenvalue weighted by molar-refractivity contribution is 0.0989. The van der Waals surface area contributed by atoms with E-state index in [1.807, 2.05) is 18.2 Å². The van der Waals surface area contributed by atoms with E-state index in [2.05, 4.69) is 11.8 Å². The van der Waals surface area contributed by atoms with E-state index in [1.165, 1.54) is 0 Å². The third-order valence-corrected chi connectivity index (χ3v) is 3.43. The van der Waals surface area contributed by atoms with Gasteiger partial charge in [-0.15, -0.1) is 0 Å². The fourth-order valence-corrected chi connectivity index (χ4v) is 2.40. The molecule has 1 aromatic carbocycles. The highest BCUT2D eigenvalue weighted by Gasteiger charge is 2.21. The molecular formula is C13H18ClNO2. The summed E-state index contributed by atoms with van der Waals surface area (Å²) in [6.07, 6.45) is -0.483. The van der Waals surface area contributed by atoms with Gasteiger partial charge in [0.2, 0.25) is 0 Å². The predicted octanol–water partition coefficient (Wildman–Crippen LogP) is 2.62. The second-order valence-electron chi connectivity index (χ2n) is 4.50. The smallest absolute Gasteiger partial charge is 0.0762 e. The Hall–Kier alpha value is -0.770. The van der Waals surface area contributed by atoms with Crippen molar-refractivity contribution in [2.45, 2.75) is 26.0 Å². The molecule has 94 valence electrons. The highest BCUT2D eigenvalue weighted by molar-refractivity contribution is 6.33. The van der Waals surface area contributed by atoms with Gasteiger partial charge in [0.15, 0.2) is 0 Å². The molecule has 2 rings (SSSR count). The molecule has 0 saturated carbocycles. The second kappa shape index (κ2) is 5.25. The van der Waals surface area contributed by atoms with Crippen LogP contribution in [0.15, 0.2) is 18.2 Å². The number of aliphatic hydroxyl groups is 1. The summed E-state index contributed by atoms with van der Waals surface area (Å²) in [5.74, 6) is 0. The van der Waals surface area contributed by atoms with E-state index >= 15 is 0 Å². The van der Waals surface area contributed by atoms with Crippen molar-refractivity contribution >= 4 is 17.3 Å². The average Bonchev–Trinajstić information content (AvgIpc) is 2.30. The van der Waals surface area contributed by atoms with Crippen LogP contribution in [0.3, 0.4) is 0 Å². The summed E-state index contributed by atoms with van der Waals surface area (Å²) >= 11 is 6.28. The molecule has 1 aliphatic heterocycles. The first-order valence-electron chi connectivity index (χ1n) is 5.91. The van der Waals surface area contributed by atoms with E-state index in [0.717, 1.165) is 31.0 Å². The monoisotopic (exact) mass is 255 g/mol. The van der Waals surface area contributed by atoms with Crippen LogP contribution in [0.4, 0.5) is 5.69 Å². The molecule has 1 aliphatic rings. The zero-order chi connectivity index (χ0) is 12.4. The molecule has 0 aliphatic carbocycles. The fraction of sp³-hybridized carbons (Fsp3) is 0.538. The van der Waals surface area contributed by atoms with Crippen LogP contribution in [0.25, 0.3) is 0 Å². The highest BCUT2D eigenvalue weighted by Crippen LogP contribution is 2.31. The Balaban J connectivity index is 2.26. The van der Waals surface area contributed by atoms with Crippen LogP contribution < -0.4 is 4.90 Å². The maximum Gasteiger partial charge on any atom is 0.0762 e. The fourth-order valence-electron chi connectivity index (χ4n) is 2.10. The average molecular weight is 256 g/mol. The van der Waals surface area contributed by atoms with Crippen LogP contribution in [0.1, 0.15) is 25.5 Å². The summed E-state index contributed by atoms with van der Waals surface area (Å²) in [4.78, 5) is 2.25. The first-order chi connectivity index (χ1) is 8.09. The molecule has 1 aromatic rings. The van der Waals surface area contributed by atoms with Gasteiger partial charge in [-0.1, -0.05) is 17.7 Å². The number of anilines is 1. The molecule has 3 nitrogen and oxygen atoms in total. The first kappa shape index (κ1) is 12.7. The molecule has 4 heteroatoms. The molecule has 1 unspecified atom stereocenters. The lowest BCUT2D eigenvalue weighted by Crippen LogP contribution is -2.43. The van der Waals surface area contributed by atoms with Crippen molar-refractivity contribution in [3.63, 3.8) is 0 Å². The summed E-state index contributed by atoms with van der Waals surface area (Å²) in [5, 5.41) is 10.2. The summed E-state index contributed by atoms with van der Waals surface area (Å²) in [7, 11) is 0. The topological polar surface area (TPSA) is 32.7 Å². The number of morpholine rings is 1. The predicted molar refractivity (Wildman–Crippen MR) is 69.7 cm³/mol. The molecule has 0 amide bonds. The molecule has 1 N–H and O–H groups in total. The van der Waals surface area contributed by atoms with Crippen LogP contribution in [0.2, 0.25) is 5.02 Å². The summed E-state index contributed by atoms with van der Waals surface area (Å²) in [6, 6.07) is 6.07. The maximum absolute atomic E-state index is 9.51. The number of benzene rings is 1. The van der Waals surface area contributed by atoms with Crippen LogP contribution in [0.5, 0.6) is 0 Å². The number of hydrogen-bond acceptors (Lipinski definition) is 3. The number of halogens is 1. The first-order valence-corrected chi connectivity index (χ1v) is 6.29. The van der Waals surface area contributed by atoms with Gasteiger partial charge in [-0.25, -0.2) is 0 Å². The molecule has 1 saturated heterocycles. The second-order valence-corrected chi connectivity index (χ2v) is 4.91. The van der Waals surface area contributed by atoms with Crippen molar-refractivity contribution in [1.82, 2.24) is 0 Å². The van der Waals surface area contributed by atoms with Gasteiger partial charge in [-0.05, 0) is 31.5 Å². The lowest BCUT2D eigenvalue weighted by Gasteiger charge is -2.35. The maximum atomic E-state index is 9.51. The quantitative estimate of drug-likeness (QED) is 0.882. The normalized spacial score (nSPS) is 22.6. The van der Waals surface area contributed by atoms with Gasteiger partial charge in [-0.3, -0.25) is 0 Å². The Morgan fingerprint density at radius 2 is 2.29 bits per heavy atom. The molecule has 1 heterocycles. The number of rotatable bonds is 2. The van der Waals surface area contributed by atoms with Crippen molar-refractivity contribution in [3.8, 4) is 0 Å². The largest absolute Gasteiger partial charge is 0.389 e. The standard InChI is InChI=1S/C13H18ClNO2/c1-9-8-17-6-5-15(9)13-4-3-11(10(2)16)7-12(13)14/h3-4,7,9-10,16H,5-6,8H2,1-2H3/t9?,10-/m1/s1. The molecule has 2 atom stereocenters. The summed E-state index contributed by atoms with van der Waals surface area (Å²) < 4.78 is 5.41. The Kier molecular flexibility index (Phi) is 3.92. The zero-order valence-electron chi connectivity index (χ0n) is 10.2. The van der Waals surface area contributed by atoms with Gasteiger partial charge >= 0.3 is 0 Å². The third-order valence-electron chi connectivity index (χ3n) is 3.13. The van der Waals surface area contributed by atoms with E-state index in [9.17, 15) is 5.11 Å². The van der Waals surface area contributed by atoms with Crippen molar-refractivity contribution in [2.24, 2.45) is 0 Å². The Bertz CT molecular complexity index is 395. The number of hydrogen-bond donors (Lipinski definition) is 1. The number of nitrogens with zero attached hydrogens (tertiary/aromatic N) is 1. The van der Waals surface area contributed by atoms with Crippen molar-refractivity contribution in [3.05, 3.63) is 28.8 Å². The lowest BCUT2D eigenvalue weighted by atomic mass is 10.1. The van der Waals surface area contributed by atoms with Gasteiger partial charge < -0.3 is 14.7 Å². The molecule has 1 fully saturated rings. The minimum absolute atomic E-state index is 0.332. The molecule has 0 bridgehead atoms. The number of aliphatic hydroxyl groups excluding tert-OH is 1. The van der Waals surface area contributed by atoms with Gasteiger partial charge in [0.1, 0.15) is 0 Å². The minimum atomic E-state index is -0.483. The summed E-state index contributed by atoms with van der Waals surface area (Å²) in [6.45, 7) is 6.18. The van der Waals surface area contributed by atoms with E-state index in [4.69, 9.17) is 16.3 Å². The minimum Gasteiger partial charge on any atom is -0.389 e. The van der Waals surface area contributed by atoms with Gasteiger partial charge in [0.25, 0.3) is 0 Å². The molecule has 0 aromatic heterocycles. The van der Waals surface area contributed by atoms with Crippen molar-refractivity contribution in [1.29, 1.82) is 0 Å². The van der Waals surface area contributed by atoms with Crippen LogP contribution >= 0.6 is 11.6 Å². The van der Waals surface area contributed by atoms with E-state index in [1.54, 1.807) is 6.92 Å². The zero-order valence-corrected chi connectivity index (χ0v) is 10.9. The number of ether oxygens (including phenoxy) is 1. The Morgan fingerprint density at radius 3 is 2.88 bits per heavy atom. The van der Waals surface area contributed by atoms with Gasteiger partial charge in [-0.2, -0.15) is 0 Å². The van der Waals surface area contributed by atoms with Crippen LogP contribution in [-0.2, 0) is 4.74 Å². The third kappa shape index (κ3) is 2.73. The Labute approximate surface area is 107 Å². The molecule has 0 spiro atoms. The van der Waals surface area contributed by atoms with Crippen LogP contribution in [0, 0.1) is 0 Å². The van der Waals surface area contributed by atoms with E-state index in [0.29, 0.717) is 11.1 Å². The molecular weight excluding hydrogens is 238 g/mol. The summed E-state index contributed by atoms with van der Waals surface area (Å²) in [5.41, 5.74) is 1.87. The van der Waals surface area contributed by atoms with Crippen LogP contribution in [-0.4, -0.2) is 30.9 Å². The highest BCUT2D eigenvalue weighted by atomic mass is 35.5. The van der Waals surface area contributed by atoms with Gasteiger partial charge in [0, 0.05) is 12.6 Å². The Morgan fingerprint density at radius 1 is 1.53 bits per heavy atom. The van der Waals surface area contributed by atoms with Crippen molar-refractivity contribution < 1.29 is 9.84 Å². The SMILES string of the molecule is CC1COCCN1c1ccc([C@@H](C)O)cc1Cl. The molecule has 0 radical (unpaired) electrons. The van der Waals surface area contributed by atoms with Crippen molar-refractivity contribution in [2.75, 3.05) is 24.7 Å². The van der Waals surface area contributed by atoms with Gasteiger partial charge in [0.05, 0.1) is 30.0 Å². The van der Waals surface area contributed by atoms with E-state index < -0.39 is 6.10 Å². The molecule has 17 heavy (non-hydrogen) atoms.